The van der Waals surface area contributed by atoms with Gasteiger partial charge >= 0.3 is 0 Å². The maximum atomic E-state index is 13.7. The van der Waals surface area contributed by atoms with Crippen molar-refractivity contribution in [2.24, 2.45) is 0 Å². The van der Waals surface area contributed by atoms with Crippen LogP contribution in [0.15, 0.2) is 66.7 Å². The van der Waals surface area contributed by atoms with E-state index in [1.165, 1.54) is 18.2 Å². The molecule has 0 spiro atoms. The Hall–Kier alpha value is -3.64. The van der Waals surface area contributed by atoms with E-state index >= 15 is 0 Å². The van der Waals surface area contributed by atoms with E-state index < -0.39 is 11.6 Å². The lowest BCUT2D eigenvalue weighted by Gasteiger charge is -2.35. The largest absolute Gasteiger partial charge is 0.505 e. The Morgan fingerprint density at radius 1 is 1.03 bits per heavy atom. The number of carbonyl (C=O) groups excluding carboxylic acids is 1. The van der Waals surface area contributed by atoms with Gasteiger partial charge in [-0.15, -0.1) is 0 Å². The Morgan fingerprint density at radius 2 is 1.79 bits per heavy atom. The zero-order valence-corrected chi connectivity index (χ0v) is 18.8. The van der Waals surface area contributed by atoms with Crippen molar-refractivity contribution in [1.82, 2.24) is 4.90 Å². The van der Waals surface area contributed by atoms with E-state index in [-0.39, 0.29) is 5.78 Å². The average Bonchev–Trinajstić information content (AvgIpc) is 2.84. The summed E-state index contributed by atoms with van der Waals surface area (Å²) >= 11 is 0. The van der Waals surface area contributed by atoms with E-state index in [9.17, 15) is 14.3 Å². The number of hydrogen-bond acceptors (Lipinski definition) is 5. The summed E-state index contributed by atoms with van der Waals surface area (Å²) in [5.74, 6) is -0.575. The molecule has 6 heteroatoms. The molecule has 1 fully saturated rings. The normalized spacial score (nSPS) is 14.6. The predicted molar refractivity (Wildman–Crippen MR) is 130 cm³/mol. The first kappa shape index (κ1) is 22.6. The van der Waals surface area contributed by atoms with Crippen molar-refractivity contribution >= 4 is 17.5 Å². The van der Waals surface area contributed by atoms with Gasteiger partial charge in [-0.05, 0) is 54.6 Å². The molecule has 4 rings (SSSR count). The van der Waals surface area contributed by atoms with Crippen LogP contribution in [0.2, 0.25) is 0 Å². The topological polar surface area (TPSA) is 53.0 Å². The maximum Gasteiger partial charge on any atom is 0.187 e. The summed E-state index contributed by atoms with van der Waals surface area (Å²) < 4.78 is 19.2. The molecule has 1 saturated heterocycles. The summed E-state index contributed by atoms with van der Waals surface area (Å²) in [6.45, 7) is 3.50. The van der Waals surface area contributed by atoms with Crippen LogP contribution in [0, 0.1) is 5.82 Å². The minimum Gasteiger partial charge on any atom is -0.505 e. The summed E-state index contributed by atoms with van der Waals surface area (Å²) in [4.78, 5) is 17.8. The number of nitrogens with zero attached hydrogens (tertiary/aromatic N) is 2. The van der Waals surface area contributed by atoms with Gasteiger partial charge in [-0.3, -0.25) is 4.79 Å². The van der Waals surface area contributed by atoms with E-state index in [1.807, 2.05) is 42.5 Å². The monoisotopic (exact) mass is 446 g/mol. The van der Waals surface area contributed by atoms with E-state index in [0.717, 1.165) is 48.7 Å². The number of anilines is 1. The van der Waals surface area contributed by atoms with Gasteiger partial charge in [-0.1, -0.05) is 36.4 Å². The van der Waals surface area contributed by atoms with Crippen molar-refractivity contribution < 1.29 is 19.0 Å². The Bertz CT molecular complexity index is 1180. The van der Waals surface area contributed by atoms with Crippen LogP contribution in [0.4, 0.5) is 10.1 Å². The lowest BCUT2D eigenvalue weighted by molar-refractivity contribution is 0.104. The molecule has 0 radical (unpaired) electrons. The Morgan fingerprint density at radius 3 is 2.52 bits per heavy atom. The molecule has 170 valence electrons. The van der Waals surface area contributed by atoms with Crippen molar-refractivity contribution in [3.05, 3.63) is 83.7 Å². The van der Waals surface area contributed by atoms with Crippen molar-refractivity contribution in [3.8, 4) is 22.6 Å². The highest BCUT2D eigenvalue weighted by Gasteiger charge is 2.20. The van der Waals surface area contributed by atoms with Crippen molar-refractivity contribution in [2.45, 2.75) is 0 Å². The molecule has 33 heavy (non-hydrogen) atoms. The molecule has 1 N–H and O–H groups in total. The molecule has 0 atom stereocenters. The SMILES string of the molecule is COc1ccccc1-c1ccc(N2CCN(C)CC2)c(C(=O)/C=C/c2ccc(O)c(F)c2)c1. The summed E-state index contributed by atoms with van der Waals surface area (Å²) in [5.41, 5.74) is 3.76. The van der Waals surface area contributed by atoms with Gasteiger partial charge < -0.3 is 19.6 Å². The number of benzene rings is 3. The molecular formula is C27H27FN2O3. The third-order valence-corrected chi connectivity index (χ3v) is 5.92. The smallest absolute Gasteiger partial charge is 0.187 e. The van der Waals surface area contributed by atoms with Gasteiger partial charge in [0, 0.05) is 43.0 Å². The molecular weight excluding hydrogens is 419 g/mol. The first-order valence-electron chi connectivity index (χ1n) is 10.9. The minimum atomic E-state index is -0.721. The quantitative estimate of drug-likeness (QED) is 0.433. The molecule has 1 aliphatic heterocycles. The van der Waals surface area contributed by atoms with Gasteiger partial charge in [0.15, 0.2) is 17.3 Å². The van der Waals surface area contributed by atoms with Crippen LogP contribution in [0.3, 0.4) is 0 Å². The van der Waals surface area contributed by atoms with Crippen molar-refractivity contribution in [1.29, 1.82) is 0 Å². The van der Waals surface area contributed by atoms with Gasteiger partial charge in [-0.25, -0.2) is 4.39 Å². The number of phenols is 1. The van der Waals surface area contributed by atoms with Gasteiger partial charge in [0.2, 0.25) is 0 Å². The lowest BCUT2D eigenvalue weighted by Crippen LogP contribution is -2.45. The number of piperazine rings is 1. The van der Waals surface area contributed by atoms with Crippen LogP contribution in [-0.4, -0.2) is 56.1 Å². The van der Waals surface area contributed by atoms with Gasteiger partial charge in [0.05, 0.1) is 7.11 Å². The number of ether oxygens (including phenoxy) is 1. The molecule has 0 saturated carbocycles. The second kappa shape index (κ2) is 9.88. The predicted octanol–water partition coefficient (Wildman–Crippen LogP) is 4.85. The first-order valence-corrected chi connectivity index (χ1v) is 10.9. The summed E-state index contributed by atoms with van der Waals surface area (Å²) in [6.07, 6.45) is 3.01. The number of carbonyl (C=O) groups is 1. The summed E-state index contributed by atoms with van der Waals surface area (Å²) in [6, 6.07) is 17.7. The number of phenolic OH excluding ortho intramolecular Hbond substituents is 1. The first-order chi connectivity index (χ1) is 16.0. The van der Waals surface area contributed by atoms with E-state index in [2.05, 4.69) is 16.8 Å². The summed E-state index contributed by atoms with van der Waals surface area (Å²) in [5, 5.41) is 9.39. The molecule has 0 aliphatic carbocycles. The molecule has 0 amide bonds. The number of allylic oxidation sites excluding steroid dienone is 1. The highest BCUT2D eigenvalue weighted by molar-refractivity contribution is 6.11. The Kier molecular flexibility index (Phi) is 6.75. The number of methoxy groups -OCH3 is 1. The number of halogens is 1. The number of hydrogen-bond donors (Lipinski definition) is 1. The van der Waals surface area contributed by atoms with Crippen LogP contribution >= 0.6 is 0 Å². The summed E-state index contributed by atoms with van der Waals surface area (Å²) in [7, 11) is 3.72. The average molecular weight is 447 g/mol. The third kappa shape index (κ3) is 5.07. The van der Waals surface area contributed by atoms with Gasteiger partial charge in [0.25, 0.3) is 0 Å². The minimum absolute atomic E-state index is 0.172. The second-order valence-corrected chi connectivity index (χ2v) is 8.13. The van der Waals surface area contributed by atoms with Crippen LogP contribution in [0.25, 0.3) is 17.2 Å². The number of aromatic hydroxyl groups is 1. The fourth-order valence-electron chi connectivity index (χ4n) is 4.00. The highest BCUT2D eigenvalue weighted by atomic mass is 19.1. The van der Waals surface area contributed by atoms with Gasteiger partial charge in [-0.2, -0.15) is 0 Å². The lowest BCUT2D eigenvalue weighted by atomic mass is 9.97. The number of rotatable bonds is 6. The second-order valence-electron chi connectivity index (χ2n) is 8.13. The molecule has 0 unspecified atom stereocenters. The molecule has 5 nitrogen and oxygen atoms in total. The van der Waals surface area contributed by atoms with Crippen molar-refractivity contribution in [3.63, 3.8) is 0 Å². The third-order valence-electron chi connectivity index (χ3n) is 5.92. The number of likely N-dealkylation sites (N-methyl/N-ethyl adjacent to an activating group) is 1. The molecule has 0 bridgehead atoms. The molecule has 0 aromatic heterocycles. The van der Waals surface area contributed by atoms with Crippen LogP contribution in [0.1, 0.15) is 15.9 Å². The van der Waals surface area contributed by atoms with Crippen LogP contribution in [0.5, 0.6) is 11.5 Å². The van der Waals surface area contributed by atoms with E-state index in [4.69, 9.17) is 4.74 Å². The van der Waals surface area contributed by atoms with Crippen LogP contribution < -0.4 is 9.64 Å². The zero-order chi connectivity index (χ0) is 23.4. The molecule has 3 aromatic rings. The standard InChI is InChI=1S/C27H27FN2O3/c1-29-13-15-30(16-14-29)24-10-9-20(21-5-3-4-6-27(21)33-2)18-22(24)25(31)11-7-19-8-12-26(32)23(28)17-19/h3-12,17-18,32H,13-16H2,1-2H3/b11-7+. The van der Waals surface area contributed by atoms with E-state index in [1.54, 1.807) is 19.3 Å². The maximum absolute atomic E-state index is 13.7. The number of para-hydroxylation sites is 1. The molecule has 1 heterocycles. The molecule has 1 aliphatic rings. The van der Waals surface area contributed by atoms with Crippen LogP contribution in [-0.2, 0) is 0 Å². The Balaban J connectivity index is 1.72. The Labute approximate surface area is 193 Å². The number of ketones is 1. The fourth-order valence-corrected chi connectivity index (χ4v) is 4.00. The zero-order valence-electron chi connectivity index (χ0n) is 18.8. The fraction of sp³-hybridized carbons (Fsp3) is 0.222. The van der Waals surface area contributed by atoms with Crippen molar-refractivity contribution in [2.75, 3.05) is 45.2 Å². The highest BCUT2D eigenvalue weighted by Crippen LogP contribution is 2.34. The molecule has 3 aromatic carbocycles. The van der Waals surface area contributed by atoms with Gasteiger partial charge in [0.1, 0.15) is 5.75 Å². The van der Waals surface area contributed by atoms with E-state index in [0.29, 0.717) is 11.1 Å².